The van der Waals surface area contributed by atoms with Gasteiger partial charge in [0.1, 0.15) is 5.82 Å². The molecule has 1 aromatic heterocycles. The lowest BCUT2D eigenvalue weighted by Crippen LogP contribution is -1.99. The van der Waals surface area contributed by atoms with Crippen molar-refractivity contribution in [1.29, 1.82) is 0 Å². The predicted molar refractivity (Wildman–Crippen MR) is 59.3 cm³/mol. The Hall–Kier alpha value is -1.76. The first-order chi connectivity index (χ1) is 8.09. The lowest BCUT2D eigenvalue weighted by Gasteiger charge is -2.06. The molecule has 0 aliphatic carbocycles. The van der Waals surface area contributed by atoms with Crippen molar-refractivity contribution in [3.63, 3.8) is 0 Å². The maximum Gasteiger partial charge on any atom is 0.213 e. The molecule has 0 N–H and O–H groups in total. The topological polar surface area (TPSA) is 60.7 Å². The predicted octanol–water partition coefficient (Wildman–Crippen LogP) is 1.70. The number of carbonyl (C=O) groups is 1. The van der Waals surface area contributed by atoms with Crippen LogP contribution in [0.4, 0.5) is 4.39 Å². The van der Waals surface area contributed by atoms with Crippen LogP contribution in [0.5, 0.6) is 0 Å². The molecule has 0 aliphatic rings. The fourth-order valence-corrected chi connectivity index (χ4v) is 2.20. The van der Waals surface area contributed by atoms with Gasteiger partial charge in [-0.05, 0) is 35.2 Å². The minimum atomic E-state index is -0.453. The molecule has 0 saturated heterocycles. The normalized spacial score (nSPS) is 10.5. The van der Waals surface area contributed by atoms with Crippen molar-refractivity contribution in [3.05, 3.63) is 29.6 Å². The monoisotopic (exact) mass is 252 g/mol. The Bertz CT molecular complexity index is 569. The molecule has 2 aromatic rings. The van der Waals surface area contributed by atoms with E-state index in [0.717, 1.165) is 11.8 Å². The maximum absolute atomic E-state index is 13.7. The lowest BCUT2D eigenvalue weighted by atomic mass is 10.1. The zero-order valence-electron chi connectivity index (χ0n) is 9.22. The first-order valence-electron chi connectivity index (χ1n) is 4.79. The molecule has 17 heavy (non-hydrogen) atoms. The van der Waals surface area contributed by atoms with Crippen LogP contribution in [0.25, 0.3) is 0 Å². The van der Waals surface area contributed by atoms with Crippen molar-refractivity contribution in [2.75, 3.05) is 0 Å². The highest BCUT2D eigenvalue weighted by atomic mass is 32.2. The van der Waals surface area contributed by atoms with E-state index in [4.69, 9.17) is 0 Å². The second-order valence-corrected chi connectivity index (χ2v) is 4.34. The van der Waals surface area contributed by atoms with Gasteiger partial charge < -0.3 is 0 Å². The van der Waals surface area contributed by atoms with Crippen LogP contribution in [0.15, 0.2) is 28.3 Å². The summed E-state index contributed by atoms with van der Waals surface area (Å²) in [5, 5.41) is 11.3. The number of hydrogen-bond acceptors (Lipinski definition) is 5. The number of hydrogen-bond donors (Lipinski definition) is 0. The smallest absolute Gasteiger partial charge is 0.213 e. The summed E-state index contributed by atoms with van der Waals surface area (Å²) >= 11 is 1.03. The van der Waals surface area contributed by atoms with Crippen molar-refractivity contribution in [2.45, 2.75) is 17.0 Å². The molecule has 0 unspecified atom stereocenters. The van der Waals surface area contributed by atoms with Crippen LogP contribution >= 0.6 is 11.8 Å². The average molecular weight is 252 g/mol. The number of rotatable bonds is 3. The van der Waals surface area contributed by atoms with Crippen molar-refractivity contribution in [3.8, 4) is 0 Å². The second-order valence-electron chi connectivity index (χ2n) is 3.36. The third kappa shape index (κ3) is 2.33. The van der Waals surface area contributed by atoms with Crippen LogP contribution in [0.2, 0.25) is 0 Å². The van der Waals surface area contributed by atoms with E-state index in [0.29, 0.717) is 10.7 Å². The van der Waals surface area contributed by atoms with Gasteiger partial charge in [0.2, 0.25) is 5.16 Å². The molecule has 0 spiro atoms. The highest BCUT2D eigenvalue weighted by molar-refractivity contribution is 7.99. The molecular weight excluding hydrogens is 243 g/mol. The van der Waals surface area contributed by atoms with E-state index in [1.807, 2.05) is 0 Å². The van der Waals surface area contributed by atoms with Gasteiger partial charge in [0, 0.05) is 12.6 Å². The van der Waals surface area contributed by atoms with E-state index in [2.05, 4.69) is 15.5 Å². The van der Waals surface area contributed by atoms with Gasteiger partial charge in [-0.2, -0.15) is 0 Å². The molecule has 0 aliphatic heterocycles. The fourth-order valence-electron chi connectivity index (χ4n) is 1.29. The van der Waals surface area contributed by atoms with E-state index < -0.39 is 5.82 Å². The molecule has 5 nitrogen and oxygen atoms in total. The van der Waals surface area contributed by atoms with Crippen molar-refractivity contribution in [1.82, 2.24) is 20.2 Å². The Labute approximate surface area is 101 Å². The summed E-state index contributed by atoms with van der Waals surface area (Å²) in [5.74, 6) is -0.646. The first kappa shape index (κ1) is 11.7. The average Bonchev–Trinajstić information content (AvgIpc) is 2.67. The summed E-state index contributed by atoms with van der Waals surface area (Å²) in [6.07, 6.45) is 0. The largest absolute Gasteiger partial charge is 0.294 e. The van der Waals surface area contributed by atoms with Gasteiger partial charge in [-0.25, -0.2) is 9.07 Å². The van der Waals surface area contributed by atoms with Crippen LogP contribution in [0.3, 0.4) is 0 Å². The number of aromatic nitrogens is 4. The highest BCUT2D eigenvalue weighted by Gasteiger charge is 2.16. The molecule has 0 bridgehead atoms. The number of nitrogens with zero attached hydrogens (tertiary/aromatic N) is 4. The van der Waals surface area contributed by atoms with Gasteiger partial charge in [-0.15, -0.1) is 5.10 Å². The molecule has 0 fully saturated rings. The summed E-state index contributed by atoms with van der Waals surface area (Å²) < 4.78 is 15.1. The summed E-state index contributed by atoms with van der Waals surface area (Å²) in [5.41, 5.74) is 0.331. The zero-order chi connectivity index (χ0) is 12.4. The van der Waals surface area contributed by atoms with Crippen LogP contribution in [-0.4, -0.2) is 26.0 Å². The Morgan fingerprint density at radius 3 is 2.82 bits per heavy atom. The summed E-state index contributed by atoms with van der Waals surface area (Å²) in [7, 11) is 1.65. The lowest BCUT2D eigenvalue weighted by molar-refractivity contribution is 0.101. The molecular formula is C10H9FN4OS. The first-order valence-corrected chi connectivity index (χ1v) is 5.61. The molecule has 88 valence electrons. The van der Waals surface area contributed by atoms with Gasteiger partial charge in [0.15, 0.2) is 5.78 Å². The van der Waals surface area contributed by atoms with Gasteiger partial charge >= 0.3 is 0 Å². The number of tetrazole rings is 1. The van der Waals surface area contributed by atoms with E-state index >= 15 is 0 Å². The Kier molecular flexibility index (Phi) is 3.19. The SMILES string of the molecule is CC(=O)c1cccc(F)c1Sc1nnnn1C. The summed E-state index contributed by atoms with van der Waals surface area (Å²) in [6.45, 7) is 1.40. The number of ketones is 1. The van der Waals surface area contributed by atoms with Crippen LogP contribution in [-0.2, 0) is 7.05 Å². The van der Waals surface area contributed by atoms with Crippen molar-refractivity contribution in [2.24, 2.45) is 7.05 Å². The molecule has 0 saturated carbocycles. The van der Waals surface area contributed by atoms with Gasteiger partial charge in [-0.3, -0.25) is 4.79 Å². The third-order valence-electron chi connectivity index (χ3n) is 2.12. The standard InChI is InChI=1S/C10H9FN4OS/c1-6(16)7-4-3-5-8(11)9(7)17-10-12-13-14-15(10)2/h3-5H,1-2H3. The highest BCUT2D eigenvalue weighted by Crippen LogP contribution is 2.30. The minimum Gasteiger partial charge on any atom is -0.294 e. The molecule has 0 atom stereocenters. The van der Waals surface area contributed by atoms with Gasteiger partial charge in [0.05, 0.1) is 4.90 Å². The van der Waals surface area contributed by atoms with Crippen LogP contribution in [0.1, 0.15) is 17.3 Å². The quantitative estimate of drug-likeness (QED) is 0.778. The summed E-state index contributed by atoms with van der Waals surface area (Å²) in [6, 6.07) is 4.39. The Morgan fingerprint density at radius 1 is 1.47 bits per heavy atom. The number of halogens is 1. The molecule has 0 radical (unpaired) electrons. The van der Waals surface area contributed by atoms with E-state index in [9.17, 15) is 9.18 Å². The van der Waals surface area contributed by atoms with Gasteiger partial charge in [0.25, 0.3) is 0 Å². The fraction of sp³-hybridized carbons (Fsp3) is 0.200. The van der Waals surface area contributed by atoms with Crippen LogP contribution in [0, 0.1) is 5.82 Å². The van der Waals surface area contributed by atoms with E-state index in [1.54, 1.807) is 13.1 Å². The number of carbonyl (C=O) groups excluding carboxylic acids is 1. The second kappa shape index (κ2) is 4.62. The number of aryl methyl sites for hydroxylation is 1. The number of benzene rings is 1. The molecule has 0 amide bonds. The molecule has 1 aromatic carbocycles. The van der Waals surface area contributed by atoms with E-state index in [-0.39, 0.29) is 10.7 Å². The minimum absolute atomic E-state index is 0.192. The summed E-state index contributed by atoms with van der Waals surface area (Å²) in [4.78, 5) is 11.6. The molecule has 2 rings (SSSR count). The van der Waals surface area contributed by atoms with Crippen molar-refractivity contribution >= 4 is 17.5 Å². The maximum atomic E-state index is 13.7. The molecule has 1 heterocycles. The number of Topliss-reactive ketones (excluding diaryl/α,β-unsaturated/α-hetero) is 1. The van der Waals surface area contributed by atoms with Crippen LogP contribution < -0.4 is 0 Å². The van der Waals surface area contributed by atoms with Crippen molar-refractivity contribution < 1.29 is 9.18 Å². The van der Waals surface area contributed by atoms with Gasteiger partial charge in [-0.1, -0.05) is 12.1 Å². The van der Waals surface area contributed by atoms with E-state index in [1.165, 1.54) is 23.7 Å². The Balaban J connectivity index is 2.45. The zero-order valence-corrected chi connectivity index (χ0v) is 10.0. The Morgan fingerprint density at radius 2 is 2.24 bits per heavy atom. The third-order valence-corrected chi connectivity index (χ3v) is 3.27. The molecule has 7 heteroatoms.